The zero-order valence-corrected chi connectivity index (χ0v) is 13.6. The van der Waals surface area contributed by atoms with Crippen molar-refractivity contribution in [2.24, 2.45) is 0 Å². The summed E-state index contributed by atoms with van der Waals surface area (Å²) in [5.74, 6) is -0.979. The van der Waals surface area contributed by atoms with Gasteiger partial charge >= 0.3 is 0 Å². The highest BCUT2D eigenvalue weighted by atomic mass is 19.1. The summed E-state index contributed by atoms with van der Waals surface area (Å²) in [4.78, 5) is 16.3. The molecule has 4 nitrogen and oxygen atoms in total. The summed E-state index contributed by atoms with van der Waals surface area (Å²) in [6.45, 7) is 3.81. The van der Waals surface area contributed by atoms with Crippen LogP contribution in [0.3, 0.4) is 0 Å². The van der Waals surface area contributed by atoms with E-state index in [0.717, 1.165) is 11.1 Å². The van der Waals surface area contributed by atoms with Crippen LogP contribution in [0, 0.1) is 5.82 Å². The van der Waals surface area contributed by atoms with Crippen LogP contribution < -0.4 is 0 Å². The Hall–Kier alpha value is -2.79. The molecule has 1 heterocycles. The number of hydrogen-bond donors (Lipinski definition) is 1. The van der Waals surface area contributed by atoms with Crippen LogP contribution in [-0.2, 0) is 6.54 Å². The van der Waals surface area contributed by atoms with Crippen molar-refractivity contribution in [3.05, 3.63) is 83.5 Å². The van der Waals surface area contributed by atoms with E-state index in [-0.39, 0.29) is 18.1 Å². The molecule has 5 heteroatoms. The smallest absolute Gasteiger partial charge is 0.285 e. The number of pyridine rings is 1. The molecular formula is C19H19FN2O2. The SMILES string of the molecule is C/C=C\C=C(/C)c1ccnc(C(=O)N(O)Cc2ccc(F)cc2)c1. The average molecular weight is 326 g/mol. The van der Waals surface area contributed by atoms with E-state index in [9.17, 15) is 14.4 Å². The van der Waals surface area contributed by atoms with Gasteiger partial charge in [-0.1, -0.05) is 30.4 Å². The predicted molar refractivity (Wildman–Crippen MR) is 90.8 cm³/mol. The van der Waals surface area contributed by atoms with E-state index in [1.165, 1.54) is 30.5 Å². The zero-order chi connectivity index (χ0) is 17.5. The molecule has 0 aliphatic carbocycles. The molecule has 0 saturated heterocycles. The number of nitrogens with zero attached hydrogens (tertiary/aromatic N) is 2. The molecule has 1 aromatic heterocycles. The van der Waals surface area contributed by atoms with Crippen molar-refractivity contribution < 1.29 is 14.4 Å². The largest absolute Gasteiger partial charge is 0.296 e. The number of hydroxylamine groups is 2. The minimum Gasteiger partial charge on any atom is -0.285 e. The maximum Gasteiger partial charge on any atom is 0.296 e. The molecule has 24 heavy (non-hydrogen) atoms. The molecule has 0 atom stereocenters. The Labute approximate surface area is 140 Å². The van der Waals surface area contributed by atoms with Crippen molar-refractivity contribution in [1.29, 1.82) is 0 Å². The predicted octanol–water partition coefficient (Wildman–Crippen LogP) is 4.23. The Morgan fingerprint density at radius 2 is 2.00 bits per heavy atom. The van der Waals surface area contributed by atoms with E-state index in [1.807, 2.05) is 32.1 Å². The molecule has 0 unspecified atom stereocenters. The third kappa shape index (κ3) is 4.60. The first-order valence-electron chi connectivity index (χ1n) is 7.52. The van der Waals surface area contributed by atoms with Gasteiger partial charge < -0.3 is 0 Å². The molecule has 124 valence electrons. The van der Waals surface area contributed by atoms with Crippen LogP contribution in [0.2, 0.25) is 0 Å². The molecular weight excluding hydrogens is 307 g/mol. The summed E-state index contributed by atoms with van der Waals surface area (Å²) in [5.41, 5.74) is 2.59. The number of carbonyl (C=O) groups is 1. The normalized spacial score (nSPS) is 11.8. The average Bonchev–Trinajstić information content (AvgIpc) is 2.61. The quantitative estimate of drug-likeness (QED) is 0.508. The molecule has 1 N–H and O–H groups in total. The summed E-state index contributed by atoms with van der Waals surface area (Å²) in [6.07, 6.45) is 7.28. The van der Waals surface area contributed by atoms with Crippen LogP contribution in [-0.4, -0.2) is 21.2 Å². The maximum absolute atomic E-state index is 12.9. The standard InChI is InChI=1S/C19H19FN2O2/c1-3-4-5-14(2)16-10-11-21-18(12-16)19(23)22(24)13-15-6-8-17(20)9-7-15/h3-12,24H,13H2,1-2H3/b4-3-,14-5+. The topological polar surface area (TPSA) is 53.4 Å². The number of amides is 1. The van der Waals surface area contributed by atoms with E-state index in [2.05, 4.69) is 4.98 Å². The Kier molecular flexibility index (Phi) is 5.98. The highest BCUT2D eigenvalue weighted by Gasteiger charge is 2.16. The molecule has 1 amide bonds. The second kappa shape index (κ2) is 8.17. The number of hydrogen-bond acceptors (Lipinski definition) is 3. The van der Waals surface area contributed by atoms with Gasteiger partial charge in [0.25, 0.3) is 5.91 Å². The molecule has 0 fully saturated rings. The minimum atomic E-state index is -0.611. The maximum atomic E-state index is 12.9. The summed E-state index contributed by atoms with van der Waals surface area (Å²) in [5, 5.41) is 10.6. The molecule has 0 spiro atoms. The van der Waals surface area contributed by atoms with E-state index >= 15 is 0 Å². The summed E-state index contributed by atoms with van der Waals surface area (Å²) in [6, 6.07) is 9.02. The summed E-state index contributed by atoms with van der Waals surface area (Å²) < 4.78 is 12.9. The van der Waals surface area contributed by atoms with Gasteiger partial charge in [-0.05, 0) is 54.8 Å². The van der Waals surface area contributed by atoms with Gasteiger partial charge in [-0.3, -0.25) is 15.0 Å². The highest BCUT2D eigenvalue weighted by molar-refractivity contribution is 5.92. The Morgan fingerprint density at radius 3 is 2.67 bits per heavy atom. The van der Waals surface area contributed by atoms with E-state index < -0.39 is 5.91 Å². The van der Waals surface area contributed by atoms with Gasteiger partial charge in [-0.2, -0.15) is 0 Å². The van der Waals surface area contributed by atoms with Gasteiger partial charge in [-0.25, -0.2) is 9.45 Å². The van der Waals surface area contributed by atoms with Gasteiger partial charge in [0, 0.05) is 6.20 Å². The van der Waals surface area contributed by atoms with Crippen LogP contribution in [0.25, 0.3) is 5.57 Å². The van der Waals surface area contributed by atoms with Crippen molar-refractivity contribution in [3.63, 3.8) is 0 Å². The molecule has 0 saturated carbocycles. The Bertz CT molecular complexity index is 767. The van der Waals surface area contributed by atoms with Crippen LogP contribution in [0.4, 0.5) is 4.39 Å². The second-order valence-corrected chi connectivity index (χ2v) is 5.29. The van der Waals surface area contributed by atoms with Gasteiger partial charge in [0.15, 0.2) is 0 Å². The lowest BCUT2D eigenvalue weighted by Gasteiger charge is -2.15. The lowest BCUT2D eigenvalue weighted by Crippen LogP contribution is -2.27. The molecule has 1 aromatic carbocycles. The van der Waals surface area contributed by atoms with Crippen LogP contribution in [0.15, 0.2) is 60.8 Å². The van der Waals surface area contributed by atoms with E-state index in [1.54, 1.807) is 12.1 Å². The molecule has 0 bridgehead atoms. The number of aromatic nitrogens is 1. The molecule has 2 aromatic rings. The van der Waals surface area contributed by atoms with Crippen molar-refractivity contribution in [3.8, 4) is 0 Å². The van der Waals surface area contributed by atoms with Gasteiger partial charge in [0.1, 0.15) is 11.5 Å². The Balaban J connectivity index is 2.15. The number of rotatable bonds is 5. The fourth-order valence-corrected chi connectivity index (χ4v) is 2.10. The zero-order valence-electron chi connectivity index (χ0n) is 13.6. The number of carbonyl (C=O) groups excluding carboxylic acids is 1. The lowest BCUT2D eigenvalue weighted by atomic mass is 10.1. The molecule has 2 rings (SSSR count). The van der Waals surface area contributed by atoms with Crippen molar-refractivity contribution in [2.45, 2.75) is 20.4 Å². The van der Waals surface area contributed by atoms with E-state index in [0.29, 0.717) is 10.6 Å². The first-order chi connectivity index (χ1) is 11.5. The second-order valence-electron chi connectivity index (χ2n) is 5.29. The first kappa shape index (κ1) is 17.6. The van der Waals surface area contributed by atoms with Gasteiger partial charge in [0.05, 0.1) is 6.54 Å². The lowest BCUT2D eigenvalue weighted by molar-refractivity contribution is -0.0652. The first-order valence-corrected chi connectivity index (χ1v) is 7.52. The third-order valence-corrected chi connectivity index (χ3v) is 3.45. The highest BCUT2D eigenvalue weighted by Crippen LogP contribution is 2.15. The van der Waals surface area contributed by atoms with E-state index in [4.69, 9.17) is 0 Å². The van der Waals surface area contributed by atoms with Crippen LogP contribution >= 0.6 is 0 Å². The van der Waals surface area contributed by atoms with Gasteiger partial charge in [-0.15, -0.1) is 0 Å². The van der Waals surface area contributed by atoms with Crippen LogP contribution in [0.5, 0.6) is 0 Å². The van der Waals surface area contributed by atoms with Gasteiger partial charge in [0.2, 0.25) is 0 Å². The number of halogens is 1. The molecule has 0 radical (unpaired) electrons. The van der Waals surface area contributed by atoms with Crippen molar-refractivity contribution in [2.75, 3.05) is 0 Å². The third-order valence-electron chi connectivity index (χ3n) is 3.45. The fraction of sp³-hybridized carbons (Fsp3) is 0.158. The summed E-state index contributed by atoms with van der Waals surface area (Å²) >= 11 is 0. The fourth-order valence-electron chi connectivity index (χ4n) is 2.10. The number of allylic oxidation sites excluding steroid dienone is 4. The van der Waals surface area contributed by atoms with Crippen molar-refractivity contribution in [1.82, 2.24) is 10.0 Å². The van der Waals surface area contributed by atoms with Crippen LogP contribution in [0.1, 0.15) is 35.5 Å². The molecule has 0 aliphatic heterocycles. The summed E-state index contributed by atoms with van der Waals surface area (Å²) in [7, 11) is 0. The molecule has 0 aliphatic rings. The minimum absolute atomic E-state index is 0.0432. The van der Waals surface area contributed by atoms with Crippen molar-refractivity contribution >= 4 is 11.5 Å². The number of benzene rings is 1. The Morgan fingerprint density at radius 1 is 1.29 bits per heavy atom. The monoisotopic (exact) mass is 326 g/mol.